The third-order valence-corrected chi connectivity index (χ3v) is 9.11. The van der Waals surface area contributed by atoms with E-state index in [2.05, 4.69) is 0 Å². The molecule has 4 aromatic carbocycles. The number of carbonyl (C=O) groups is 1. The third-order valence-electron chi connectivity index (χ3n) is 7.19. The molecule has 0 aromatic heterocycles. The first kappa shape index (κ1) is 26.5. The van der Waals surface area contributed by atoms with Gasteiger partial charge in [0.15, 0.2) is 12.2 Å². The van der Waals surface area contributed by atoms with Crippen molar-refractivity contribution in [3.63, 3.8) is 0 Å². The van der Waals surface area contributed by atoms with E-state index < -0.39 is 37.7 Å². The van der Waals surface area contributed by atoms with Crippen molar-refractivity contribution in [2.45, 2.75) is 30.5 Å². The Balaban J connectivity index is 1.34. The molecule has 0 bridgehead atoms. The molecule has 0 N–H and O–H groups in total. The predicted molar refractivity (Wildman–Crippen MR) is 149 cm³/mol. The van der Waals surface area contributed by atoms with Crippen molar-refractivity contribution < 1.29 is 32.6 Å². The highest BCUT2D eigenvalue weighted by Crippen LogP contribution is 2.56. The second-order valence-corrected chi connectivity index (χ2v) is 11.8. The molecular formula is C32H29O7P. The molecule has 2 saturated heterocycles. The lowest BCUT2D eigenvalue weighted by atomic mass is 9.80. The van der Waals surface area contributed by atoms with E-state index in [0.29, 0.717) is 0 Å². The predicted octanol–water partition coefficient (Wildman–Crippen LogP) is 6.71. The summed E-state index contributed by atoms with van der Waals surface area (Å²) in [6.07, 6.45) is -3.35. The zero-order valence-corrected chi connectivity index (χ0v) is 22.6. The monoisotopic (exact) mass is 556 g/mol. The minimum atomic E-state index is -3.67. The first-order chi connectivity index (χ1) is 19.6. The molecule has 0 saturated carbocycles. The normalized spacial score (nSPS) is 24.1. The van der Waals surface area contributed by atoms with Gasteiger partial charge < -0.3 is 18.7 Å². The summed E-state index contributed by atoms with van der Waals surface area (Å²) in [6, 6.07) is 39.1. The van der Waals surface area contributed by atoms with E-state index in [4.69, 9.17) is 23.3 Å². The zero-order valence-electron chi connectivity index (χ0n) is 21.7. The second-order valence-electron chi connectivity index (χ2n) is 9.78. The van der Waals surface area contributed by atoms with Crippen LogP contribution in [0.2, 0.25) is 0 Å². The summed E-state index contributed by atoms with van der Waals surface area (Å²) in [6.45, 7) is 0.0506. The molecule has 0 spiro atoms. The van der Waals surface area contributed by atoms with E-state index in [-0.39, 0.29) is 19.4 Å². The van der Waals surface area contributed by atoms with Crippen LogP contribution in [-0.2, 0) is 40.0 Å². The molecule has 0 radical (unpaired) electrons. The van der Waals surface area contributed by atoms with Crippen LogP contribution in [0.5, 0.6) is 0 Å². The average Bonchev–Trinajstić information content (AvgIpc) is 3.38. The maximum Gasteiger partial charge on any atom is 0.509 e. The Morgan fingerprint density at radius 3 is 1.75 bits per heavy atom. The van der Waals surface area contributed by atoms with Crippen molar-refractivity contribution in [3.8, 4) is 0 Å². The summed E-state index contributed by atoms with van der Waals surface area (Å²) < 4.78 is 43.5. The first-order valence-electron chi connectivity index (χ1n) is 13.2. The number of rotatable bonds is 9. The second kappa shape index (κ2) is 11.4. The summed E-state index contributed by atoms with van der Waals surface area (Å²) in [4.78, 5) is 12.1. The molecule has 4 atom stereocenters. The Labute approximate surface area is 233 Å². The molecule has 0 unspecified atom stereocenters. The van der Waals surface area contributed by atoms with Gasteiger partial charge in [0, 0.05) is 0 Å². The van der Waals surface area contributed by atoms with Gasteiger partial charge in [0.1, 0.15) is 11.7 Å². The number of carbonyl (C=O) groups excluding carboxylic acids is 1. The number of fused-ring (bicyclic) bond motifs is 1. The van der Waals surface area contributed by atoms with Crippen LogP contribution < -0.4 is 0 Å². The summed E-state index contributed by atoms with van der Waals surface area (Å²) in [5.41, 5.74) is 2.54. The number of benzene rings is 4. The lowest BCUT2D eigenvalue weighted by Gasteiger charge is -2.39. The average molecular weight is 557 g/mol. The molecule has 2 heterocycles. The smallest absolute Gasteiger partial charge is 0.426 e. The quantitative estimate of drug-likeness (QED) is 0.129. The van der Waals surface area contributed by atoms with Crippen molar-refractivity contribution in [2.24, 2.45) is 0 Å². The Morgan fingerprint density at radius 2 is 1.23 bits per heavy atom. The van der Waals surface area contributed by atoms with Gasteiger partial charge in [0.05, 0.1) is 19.4 Å². The number of ether oxygens (including phenoxy) is 3. The first-order valence-corrected chi connectivity index (χ1v) is 14.9. The lowest BCUT2D eigenvalue weighted by molar-refractivity contribution is -0.0806. The van der Waals surface area contributed by atoms with Crippen molar-refractivity contribution in [1.82, 2.24) is 0 Å². The van der Waals surface area contributed by atoms with Crippen LogP contribution in [0, 0.1) is 0 Å². The molecule has 40 heavy (non-hydrogen) atoms. The van der Waals surface area contributed by atoms with E-state index in [9.17, 15) is 9.36 Å². The molecule has 2 fully saturated rings. The van der Waals surface area contributed by atoms with E-state index in [1.165, 1.54) is 0 Å². The molecule has 6 rings (SSSR count). The fourth-order valence-corrected chi connectivity index (χ4v) is 7.24. The molecule has 2 aliphatic heterocycles. The minimum absolute atomic E-state index is 0.0465. The minimum Gasteiger partial charge on any atom is -0.426 e. The highest BCUT2D eigenvalue weighted by molar-refractivity contribution is 7.54. The van der Waals surface area contributed by atoms with Gasteiger partial charge >= 0.3 is 13.8 Å². The van der Waals surface area contributed by atoms with E-state index >= 15 is 0 Å². The topological polar surface area (TPSA) is 80.3 Å². The van der Waals surface area contributed by atoms with Crippen LogP contribution in [0.4, 0.5) is 4.79 Å². The summed E-state index contributed by atoms with van der Waals surface area (Å²) in [7, 11) is -3.67. The van der Waals surface area contributed by atoms with Gasteiger partial charge in [-0.15, -0.1) is 0 Å². The van der Waals surface area contributed by atoms with Crippen molar-refractivity contribution >= 4 is 13.8 Å². The van der Waals surface area contributed by atoms with E-state index in [1.807, 2.05) is 121 Å². The molecule has 0 aliphatic carbocycles. The van der Waals surface area contributed by atoms with Crippen LogP contribution >= 0.6 is 7.60 Å². The van der Waals surface area contributed by atoms with Gasteiger partial charge in [0.2, 0.25) is 0 Å². The third kappa shape index (κ3) is 5.34. The van der Waals surface area contributed by atoms with Gasteiger partial charge in [-0.25, -0.2) is 4.79 Å². The Morgan fingerprint density at radius 1 is 0.725 bits per heavy atom. The summed E-state index contributed by atoms with van der Waals surface area (Å²) in [5.74, 6) is 0. The molecule has 4 aromatic rings. The fourth-order valence-electron chi connectivity index (χ4n) is 5.32. The fraction of sp³-hybridized carbons (Fsp3) is 0.219. The number of hydrogen-bond acceptors (Lipinski definition) is 7. The van der Waals surface area contributed by atoms with Gasteiger partial charge in [0.25, 0.3) is 0 Å². The van der Waals surface area contributed by atoms with Crippen molar-refractivity contribution in [2.75, 3.05) is 12.8 Å². The SMILES string of the molecule is O=C1O[C@H]2[C@H](C[P@@](=O)(OCc3ccccc3)O[C@@H]2COC(c2ccccc2)(c2ccccc2)c2ccccc2)O1. The molecular weight excluding hydrogens is 527 g/mol. The largest absolute Gasteiger partial charge is 0.509 e. The van der Waals surface area contributed by atoms with E-state index in [1.54, 1.807) is 0 Å². The number of hydrogen-bond donors (Lipinski definition) is 0. The lowest BCUT2D eigenvalue weighted by Crippen LogP contribution is -2.47. The standard InChI is InChI=1S/C32H29O7P/c33-31-37-29-23-40(34,36-21-24-13-5-1-6-14-24)39-28(30(29)38-31)22-35-32(25-15-7-2-8-16-25,26-17-9-3-10-18-26)27-19-11-4-12-20-27/h1-20,28-30H,21-23H2/t28-,29+,30-,40-/m1/s1. The summed E-state index contributed by atoms with van der Waals surface area (Å²) >= 11 is 0. The molecule has 204 valence electrons. The highest BCUT2D eigenvalue weighted by atomic mass is 31.2. The van der Waals surface area contributed by atoms with Crippen LogP contribution in [0.1, 0.15) is 22.3 Å². The van der Waals surface area contributed by atoms with Crippen LogP contribution in [0.3, 0.4) is 0 Å². The molecule has 0 amide bonds. The Hall–Kier alpha value is -3.74. The summed E-state index contributed by atoms with van der Waals surface area (Å²) in [5, 5.41) is 0. The maximum absolute atomic E-state index is 13.9. The van der Waals surface area contributed by atoms with Gasteiger partial charge in [-0.05, 0) is 22.3 Å². The molecule has 2 aliphatic rings. The Kier molecular flexibility index (Phi) is 7.55. The van der Waals surface area contributed by atoms with Gasteiger partial charge in [-0.3, -0.25) is 9.09 Å². The molecule has 7 nitrogen and oxygen atoms in total. The van der Waals surface area contributed by atoms with Crippen LogP contribution in [0.15, 0.2) is 121 Å². The van der Waals surface area contributed by atoms with E-state index in [0.717, 1.165) is 22.3 Å². The van der Waals surface area contributed by atoms with Crippen molar-refractivity contribution in [1.29, 1.82) is 0 Å². The molecule has 8 heteroatoms. The zero-order chi connectivity index (χ0) is 27.4. The van der Waals surface area contributed by atoms with Crippen LogP contribution in [0.25, 0.3) is 0 Å². The maximum atomic E-state index is 13.9. The van der Waals surface area contributed by atoms with Crippen LogP contribution in [-0.4, -0.2) is 37.2 Å². The van der Waals surface area contributed by atoms with Crippen molar-refractivity contribution in [3.05, 3.63) is 144 Å². The van der Waals surface area contributed by atoms with Gasteiger partial charge in [-0.2, -0.15) is 0 Å². The van der Waals surface area contributed by atoms with Gasteiger partial charge in [-0.1, -0.05) is 121 Å². The highest BCUT2D eigenvalue weighted by Gasteiger charge is 2.54. The Bertz CT molecular complexity index is 1370.